The monoisotopic (exact) mass is 313 g/mol. The zero-order valence-electron chi connectivity index (χ0n) is 12.2. The van der Waals surface area contributed by atoms with Crippen LogP contribution >= 0.6 is 11.6 Å². The van der Waals surface area contributed by atoms with Crippen molar-refractivity contribution in [3.05, 3.63) is 29.3 Å². The maximum Gasteiger partial charge on any atom is 0.303 e. The highest BCUT2D eigenvalue weighted by Crippen LogP contribution is 2.17. The van der Waals surface area contributed by atoms with Gasteiger partial charge in [0.05, 0.1) is 0 Å². The Morgan fingerprint density at radius 2 is 2.10 bits per heavy atom. The number of carbonyl (C=O) groups excluding carboxylic acids is 1. The molecule has 5 nitrogen and oxygen atoms in total. The molecule has 0 unspecified atom stereocenters. The van der Waals surface area contributed by atoms with Gasteiger partial charge in [-0.05, 0) is 38.5 Å². The molecule has 0 aliphatic heterocycles. The van der Waals surface area contributed by atoms with Gasteiger partial charge >= 0.3 is 5.97 Å². The first kappa shape index (κ1) is 17.3. The Hall–Kier alpha value is -1.75. The van der Waals surface area contributed by atoms with Crippen LogP contribution in [0.2, 0.25) is 5.02 Å². The third-order valence-corrected chi connectivity index (χ3v) is 3.13. The van der Waals surface area contributed by atoms with Crippen molar-refractivity contribution in [2.24, 2.45) is 0 Å². The molecule has 0 bridgehead atoms. The lowest BCUT2D eigenvalue weighted by molar-refractivity contribution is -0.139. The molecule has 1 aromatic carbocycles. The number of amides is 1. The SMILES string of the molecule is CC(C)N(CCCC(=O)O)C(=O)COc1cccc(Cl)c1. The van der Waals surface area contributed by atoms with E-state index in [1.165, 1.54) is 0 Å². The average Bonchev–Trinajstić information content (AvgIpc) is 2.40. The maximum absolute atomic E-state index is 12.1. The summed E-state index contributed by atoms with van der Waals surface area (Å²) in [5, 5.41) is 9.18. The van der Waals surface area contributed by atoms with E-state index in [1.807, 2.05) is 13.8 Å². The third-order valence-electron chi connectivity index (χ3n) is 2.89. The first-order valence-electron chi connectivity index (χ1n) is 6.79. The molecule has 0 atom stereocenters. The van der Waals surface area contributed by atoms with E-state index in [-0.39, 0.29) is 25.0 Å². The lowest BCUT2D eigenvalue weighted by Crippen LogP contribution is -2.40. The van der Waals surface area contributed by atoms with Crippen molar-refractivity contribution in [3.8, 4) is 5.75 Å². The molecule has 21 heavy (non-hydrogen) atoms. The number of hydrogen-bond acceptors (Lipinski definition) is 3. The van der Waals surface area contributed by atoms with E-state index in [4.69, 9.17) is 21.4 Å². The molecule has 0 fully saturated rings. The topological polar surface area (TPSA) is 66.8 Å². The molecule has 6 heteroatoms. The molecule has 1 aromatic rings. The van der Waals surface area contributed by atoms with Gasteiger partial charge in [0.15, 0.2) is 6.61 Å². The predicted molar refractivity (Wildman–Crippen MR) is 80.7 cm³/mol. The van der Waals surface area contributed by atoms with Crippen molar-refractivity contribution >= 4 is 23.5 Å². The van der Waals surface area contributed by atoms with Gasteiger partial charge in [-0.15, -0.1) is 0 Å². The number of ether oxygens (including phenoxy) is 1. The summed E-state index contributed by atoms with van der Waals surface area (Å²) in [4.78, 5) is 24.3. The fourth-order valence-electron chi connectivity index (χ4n) is 1.86. The summed E-state index contributed by atoms with van der Waals surface area (Å²) in [5.74, 6) is -0.498. The Morgan fingerprint density at radius 1 is 1.38 bits per heavy atom. The van der Waals surface area contributed by atoms with Crippen LogP contribution in [0.4, 0.5) is 0 Å². The minimum Gasteiger partial charge on any atom is -0.484 e. The standard InChI is InChI=1S/C15H20ClNO4/c1-11(2)17(8-4-7-15(19)20)14(18)10-21-13-6-3-5-12(16)9-13/h3,5-6,9,11H,4,7-8,10H2,1-2H3,(H,19,20). The third kappa shape index (κ3) is 6.49. The molecule has 0 radical (unpaired) electrons. The number of rotatable bonds is 8. The van der Waals surface area contributed by atoms with Crippen LogP contribution in [0.1, 0.15) is 26.7 Å². The second kappa shape index (κ2) is 8.52. The van der Waals surface area contributed by atoms with Crippen LogP contribution in [0.15, 0.2) is 24.3 Å². The van der Waals surface area contributed by atoms with E-state index >= 15 is 0 Å². The summed E-state index contributed by atoms with van der Waals surface area (Å²) in [6, 6.07) is 6.83. The second-order valence-corrected chi connectivity index (χ2v) is 5.36. The van der Waals surface area contributed by atoms with Crippen LogP contribution in [-0.2, 0) is 9.59 Å². The summed E-state index contributed by atoms with van der Waals surface area (Å²) in [7, 11) is 0. The van der Waals surface area contributed by atoms with Crippen molar-refractivity contribution in [1.29, 1.82) is 0 Å². The zero-order chi connectivity index (χ0) is 15.8. The highest BCUT2D eigenvalue weighted by atomic mass is 35.5. The van der Waals surface area contributed by atoms with Crippen LogP contribution in [-0.4, -0.2) is 41.1 Å². The lowest BCUT2D eigenvalue weighted by Gasteiger charge is -2.26. The normalized spacial score (nSPS) is 10.5. The number of aliphatic carboxylic acids is 1. The molecule has 0 aliphatic rings. The molecule has 116 valence electrons. The maximum atomic E-state index is 12.1. The van der Waals surface area contributed by atoms with E-state index < -0.39 is 5.97 Å². The minimum absolute atomic E-state index is 0.00532. The van der Waals surface area contributed by atoms with E-state index in [0.717, 1.165) is 0 Å². The van der Waals surface area contributed by atoms with Gasteiger partial charge in [-0.1, -0.05) is 17.7 Å². The first-order chi connectivity index (χ1) is 9.90. The molecule has 0 spiro atoms. The number of carboxylic acid groups (broad SMARTS) is 1. The van der Waals surface area contributed by atoms with Crippen molar-refractivity contribution in [3.63, 3.8) is 0 Å². The Bertz CT molecular complexity index is 490. The quantitative estimate of drug-likeness (QED) is 0.801. The molecule has 1 amide bonds. The largest absolute Gasteiger partial charge is 0.484 e. The van der Waals surface area contributed by atoms with Gasteiger partial charge in [-0.25, -0.2) is 0 Å². The molecule has 0 saturated carbocycles. The number of nitrogens with zero attached hydrogens (tertiary/aromatic N) is 1. The Labute approximate surface area is 129 Å². The number of benzene rings is 1. The van der Waals surface area contributed by atoms with Gasteiger partial charge in [0.2, 0.25) is 0 Å². The van der Waals surface area contributed by atoms with Crippen molar-refractivity contribution in [1.82, 2.24) is 4.90 Å². The molecular weight excluding hydrogens is 294 g/mol. The second-order valence-electron chi connectivity index (χ2n) is 4.92. The Balaban J connectivity index is 2.50. The summed E-state index contributed by atoms with van der Waals surface area (Å²) in [6.45, 7) is 4.09. The van der Waals surface area contributed by atoms with Gasteiger partial charge in [0.1, 0.15) is 5.75 Å². The number of carbonyl (C=O) groups is 2. The van der Waals surface area contributed by atoms with E-state index in [2.05, 4.69) is 0 Å². The zero-order valence-corrected chi connectivity index (χ0v) is 13.0. The summed E-state index contributed by atoms with van der Waals surface area (Å²) in [5.41, 5.74) is 0. The van der Waals surface area contributed by atoms with Crippen molar-refractivity contribution < 1.29 is 19.4 Å². The van der Waals surface area contributed by atoms with E-state index in [9.17, 15) is 9.59 Å². The first-order valence-corrected chi connectivity index (χ1v) is 7.17. The van der Waals surface area contributed by atoms with Crippen LogP contribution in [0, 0.1) is 0 Å². The molecular formula is C15H20ClNO4. The average molecular weight is 314 g/mol. The molecule has 0 heterocycles. The van der Waals surface area contributed by atoms with Crippen LogP contribution in [0.3, 0.4) is 0 Å². The highest BCUT2D eigenvalue weighted by Gasteiger charge is 2.17. The van der Waals surface area contributed by atoms with Crippen molar-refractivity contribution in [2.75, 3.05) is 13.2 Å². The van der Waals surface area contributed by atoms with Gasteiger partial charge in [-0.2, -0.15) is 0 Å². The Morgan fingerprint density at radius 3 is 2.67 bits per heavy atom. The number of carboxylic acids is 1. The predicted octanol–water partition coefficient (Wildman–Crippen LogP) is 2.82. The molecule has 1 N–H and O–H groups in total. The molecule has 0 aromatic heterocycles. The minimum atomic E-state index is -0.860. The fourth-order valence-corrected chi connectivity index (χ4v) is 2.04. The fraction of sp³-hybridized carbons (Fsp3) is 0.467. The highest BCUT2D eigenvalue weighted by molar-refractivity contribution is 6.30. The van der Waals surface area contributed by atoms with E-state index in [1.54, 1.807) is 29.2 Å². The number of halogens is 1. The van der Waals surface area contributed by atoms with Gasteiger partial charge < -0.3 is 14.7 Å². The summed E-state index contributed by atoms with van der Waals surface area (Å²) < 4.78 is 5.42. The van der Waals surface area contributed by atoms with Gasteiger partial charge in [0, 0.05) is 24.0 Å². The van der Waals surface area contributed by atoms with Crippen LogP contribution < -0.4 is 4.74 Å². The van der Waals surface area contributed by atoms with Gasteiger partial charge in [0.25, 0.3) is 5.91 Å². The van der Waals surface area contributed by atoms with Crippen LogP contribution in [0.5, 0.6) is 5.75 Å². The Kier molecular flexibility index (Phi) is 7.02. The molecule has 1 rings (SSSR count). The van der Waals surface area contributed by atoms with E-state index in [0.29, 0.717) is 23.7 Å². The van der Waals surface area contributed by atoms with Crippen LogP contribution in [0.25, 0.3) is 0 Å². The summed E-state index contributed by atoms with van der Waals surface area (Å²) >= 11 is 5.84. The molecule has 0 saturated heterocycles. The smallest absolute Gasteiger partial charge is 0.303 e. The molecule has 0 aliphatic carbocycles. The van der Waals surface area contributed by atoms with Gasteiger partial charge in [-0.3, -0.25) is 9.59 Å². The number of hydrogen-bond donors (Lipinski definition) is 1. The summed E-state index contributed by atoms with van der Waals surface area (Å²) in [6.07, 6.45) is 0.474. The van der Waals surface area contributed by atoms with Crippen molar-refractivity contribution in [2.45, 2.75) is 32.7 Å². The lowest BCUT2D eigenvalue weighted by atomic mass is 10.2.